The predicted molar refractivity (Wildman–Crippen MR) is 87.3 cm³/mol. The van der Waals surface area contributed by atoms with Crippen LogP contribution in [0.3, 0.4) is 0 Å². The van der Waals surface area contributed by atoms with E-state index in [9.17, 15) is 0 Å². The highest BCUT2D eigenvalue weighted by Gasteiger charge is 2.05. The van der Waals surface area contributed by atoms with E-state index in [0.717, 1.165) is 36.3 Å². The van der Waals surface area contributed by atoms with E-state index in [1.165, 1.54) is 5.56 Å². The van der Waals surface area contributed by atoms with Crippen LogP contribution in [0.4, 0.5) is 0 Å². The van der Waals surface area contributed by atoms with Gasteiger partial charge in [0.05, 0.1) is 11.9 Å². The van der Waals surface area contributed by atoms with Gasteiger partial charge in [-0.05, 0) is 49.4 Å². The molecule has 0 aliphatic carbocycles. The van der Waals surface area contributed by atoms with E-state index in [2.05, 4.69) is 51.3 Å². The number of aryl methyl sites for hydroxylation is 1. The van der Waals surface area contributed by atoms with Gasteiger partial charge in [-0.2, -0.15) is 0 Å². The Labute approximate surface area is 129 Å². The molecule has 2 aromatic heterocycles. The summed E-state index contributed by atoms with van der Waals surface area (Å²) in [7, 11) is 0. The van der Waals surface area contributed by atoms with Crippen molar-refractivity contribution < 1.29 is 0 Å². The van der Waals surface area contributed by atoms with E-state index in [0.29, 0.717) is 0 Å². The summed E-state index contributed by atoms with van der Waals surface area (Å²) in [5.41, 5.74) is 4.06. The van der Waals surface area contributed by atoms with E-state index in [1.807, 2.05) is 18.3 Å². The van der Waals surface area contributed by atoms with Crippen molar-refractivity contribution in [1.29, 1.82) is 0 Å². The first-order chi connectivity index (χ1) is 10.9. The minimum Gasteiger partial charge on any atom is -0.301 e. The van der Waals surface area contributed by atoms with E-state index in [1.54, 1.807) is 17.1 Å². The third kappa shape index (κ3) is 3.25. The van der Waals surface area contributed by atoms with Crippen molar-refractivity contribution in [3.05, 3.63) is 60.6 Å². The van der Waals surface area contributed by atoms with Crippen LogP contribution in [0.2, 0.25) is 0 Å². The van der Waals surface area contributed by atoms with Gasteiger partial charge in [-0.3, -0.25) is 4.98 Å². The van der Waals surface area contributed by atoms with Crippen LogP contribution in [0.15, 0.2) is 60.0 Å². The lowest BCUT2D eigenvalue weighted by Gasteiger charge is -2.03. The normalized spacial score (nSPS) is 10.5. The predicted octanol–water partition coefficient (Wildman–Crippen LogP) is 2.96. The Morgan fingerprint density at radius 2 is 2.00 bits per heavy atom. The number of rotatable bonds is 6. The molecule has 0 atom stereocenters. The maximum atomic E-state index is 4.20. The van der Waals surface area contributed by atoms with Crippen LogP contribution in [-0.4, -0.2) is 33.2 Å². The molecule has 0 saturated heterocycles. The van der Waals surface area contributed by atoms with Gasteiger partial charge in [0, 0.05) is 24.5 Å². The average Bonchev–Trinajstić information content (AvgIpc) is 3.07. The fraction of sp³-hybridized carbons (Fsp3) is 0.176. The number of pyridine rings is 1. The number of hydrogen-bond donors (Lipinski definition) is 0. The smallest absolute Gasteiger partial charge is 0.115 e. The molecule has 1 aromatic carbocycles. The molecule has 3 rings (SSSR count). The molecule has 3 aromatic rings. The first kappa shape index (κ1) is 14.1. The number of aromatic nitrogens is 4. The van der Waals surface area contributed by atoms with Gasteiger partial charge in [-0.1, -0.05) is 17.3 Å². The Morgan fingerprint density at radius 1 is 1.14 bits per heavy atom. The molecule has 0 radical (unpaired) electrons. The van der Waals surface area contributed by atoms with Gasteiger partial charge in [-0.25, -0.2) is 4.68 Å². The molecule has 0 saturated carbocycles. The number of aliphatic imine (C=N–C) groups is 1. The van der Waals surface area contributed by atoms with Gasteiger partial charge in [-0.15, -0.1) is 5.10 Å². The van der Waals surface area contributed by atoms with Crippen molar-refractivity contribution in [2.45, 2.75) is 12.8 Å². The minimum absolute atomic E-state index is 0.805. The van der Waals surface area contributed by atoms with Crippen molar-refractivity contribution in [3.63, 3.8) is 0 Å². The molecule has 110 valence electrons. The molecule has 2 heterocycles. The standard InChI is InChI=1S/C17H17N5/c1-18-10-2-4-14-6-8-16(9-7-14)22-13-17(20-21-22)15-5-3-11-19-12-15/h3,5-9,11-13H,1-2,4,10H2. The maximum Gasteiger partial charge on any atom is 0.115 e. The number of benzene rings is 1. The first-order valence-corrected chi connectivity index (χ1v) is 7.21. The zero-order chi connectivity index (χ0) is 15.2. The van der Waals surface area contributed by atoms with E-state index < -0.39 is 0 Å². The Morgan fingerprint density at radius 3 is 2.73 bits per heavy atom. The minimum atomic E-state index is 0.805. The van der Waals surface area contributed by atoms with Gasteiger partial charge < -0.3 is 4.99 Å². The largest absolute Gasteiger partial charge is 0.301 e. The van der Waals surface area contributed by atoms with Crippen LogP contribution in [-0.2, 0) is 6.42 Å². The summed E-state index contributed by atoms with van der Waals surface area (Å²) in [6.07, 6.45) is 7.47. The van der Waals surface area contributed by atoms with Gasteiger partial charge in [0.15, 0.2) is 0 Å². The van der Waals surface area contributed by atoms with Crippen LogP contribution in [0.25, 0.3) is 16.9 Å². The highest BCUT2D eigenvalue weighted by atomic mass is 15.4. The summed E-state index contributed by atoms with van der Waals surface area (Å²) in [5, 5.41) is 8.38. The molecule has 0 fully saturated rings. The summed E-state index contributed by atoms with van der Waals surface area (Å²) in [5.74, 6) is 0. The molecule has 0 unspecified atom stereocenters. The van der Waals surface area contributed by atoms with Crippen molar-refractivity contribution in [2.24, 2.45) is 4.99 Å². The quantitative estimate of drug-likeness (QED) is 0.518. The Balaban J connectivity index is 1.74. The zero-order valence-electron chi connectivity index (χ0n) is 12.3. The van der Waals surface area contributed by atoms with Crippen molar-refractivity contribution in [1.82, 2.24) is 20.0 Å². The third-order valence-corrected chi connectivity index (χ3v) is 3.43. The maximum absolute atomic E-state index is 4.20. The monoisotopic (exact) mass is 291 g/mol. The lowest BCUT2D eigenvalue weighted by Crippen LogP contribution is -1.95. The second-order valence-corrected chi connectivity index (χ2v) is 5.01. The summed E-state index contributed by atoms with van der Waals surface area (Å²) in [6, 6.07) is 12.2. The summed E-state index contributed by atoms with van der Waals surface area (Å²) in [4.78, 5) is 7.97. The van der Waals surface area contributed by atoms with Crippen LogP contribution in [0, 0.1) is 0 Å². The summed E-state index contributed by atoms with van der Waals surface area (Å²) in [6.45, 7) is 4.30. The van der Waals surface area contributed by atoms with Crippen LogP contribution in [0.1, 0.15) is 12.0 Å². The van der Waals surface area contributed by atoms with Gasteiger partial charge in [0.25, 0.3) is 0 Å². The van der Waals surface area contributed by atoms with Crippen molar-refractivity contribution in [3.8, 4) is 16.9 Å². The summed E-state index contributed by atoms with van der Waals surface area (Å²) >= 11 is 0. The molecule has 22 heavy (non-hydrogen) atoms. The molecule has 0 aliphatic heterocycles. The van der Waals surface area contributed by atoms with Gasteiger partial charge >= 0.3 is 0 Å². The van der Waals surface area contributed by atoms with Crippen molar-refractivity contribution >= 4 is 6.72 Å². The molecule has 0 aliphatic rings. The Kier molecular flexibility index (Phi) is 4.34. The molecule has 0 N–H and O–H groups in total. The zero-order valence-corrected chi connectivity index (χ0v) is 12.3. The lowest BCUT2D eigenvalue weighted by molar-refractivity contribution is 0.800. The molecule has 0 spiro atoms. The van der Waals surface area contributed by atoms with Crippen molar-refractivity contribution in [2.75, 3.05) is 6.54 Å². The Hall–Kier alpha value is -2.82. The molecule has 0 bridgehead atoms. The van der Waals surface area contributed by atoms with Gasteiger partial charge in [0.1, 0.15) is 5.69 Å². The molecular weight excluding hydrogens is 274 g/mol. The highest BCUT2D eigenvalue weighted by Crippen LogP contribution is 2.16. The van der Waals surface area contributed by atoms with Gasteiger partial charge in [0.2, 0.25) is 0 Å². The average molecular weight is 291 g/mol. The van der Waals surface area contributed by atoms with Crippen LogP contribution >= 0.6 is 0 Å². The molecular formula is C17H17N5. The molecule has 5 nitrogen and oxygen atoms in total. The van der Waals surface area contributed by atoms with E-state index >= 15 is 0 Å². The molecule has 0 amide bonds. The Bertz CT molecular complexity index is 731. The topological polar surface area (TPSA) is 56.0 Å². The van der Waals surface area contributed by atoms with Crippen LogP contribution in [0.5, 0.6) is 0 Å². The second-order valence-electron chi connectivity index (χ2n) is 5.01. The number of nitrogens with zero attached hydrogens (tertiary/aromatic N) is 5. The second kappa shape index (κ2) is 6.76. The highest BCUT2D eigenvalue weighted by molar-refractivity contribution is 5.56. The number of hydrogen-bond acceptors (Lipinski definition) is 4. The lowest BCUT2D eigenvalue weighted by atomic mass is 10.1. The van der Waals surface area contributed by atoms with Crippen LogP contribution < -0.4 is 0 Å². The van der Waals surface area contributed by atoms with E-state index in [-0.39, 0.29) is 0 Å². The molecule has 5 heteroatoms. The SMILES string of the molecule is C=NCCCc1ccc(-n2cc(-c3cccnc3)nn2)cc1. The van der Waals surface area contributed by atoms with E-state index in [4.69, 9.17) is 0 Å². The fourth-order valence-electron chi connectivity index (χ4n) is 2.25. The third-order valence-electron chi connectivity index (χ3n) is 3.43. The first-order valence-electron chi connectivity index (χ1n) is 7.21. The summed E-state index contributed by atoms with van der Waals surface area (Å²) < 4.78 is 1.78. The fourth-order valence-corrected chi connectivity index (χ4v) is 2.25.